The fourth-order valence-corrected chi connectivity index (χ4v) is 4.70. The molecule has 190 valence electrons. The summed E-state index contributed by atoms with van der Waals surface area (Å²) in [7, 11) is 2.14. The van der Waals surface area contributed by atoms with Crippen molar-refractivity contribution in [1.29, 1.82) is 0 Å². The van der Waals surface area contributed by atoms with E-state index in [1.54, 1.807) is 23.2 Å². The quantitative estimate of drug-likeness (QED) is 0.628. The minimum absolute atomic E-state index is 0.0721. The first-order valence-corrected chi connectivity index (χ1v) is 12.3. The summed E-state index contributed by atoms with van der Waals surface area (Å²) in [6.45, 7) is 14.2. The fourth-order valence-electron chi connectivity index (χ4n) is 4.70. The molecule has 2 fully saturated rings. The van der Waals surface area contributed by atoms with E-state index >= 15 is 4.39 Å². The van der Waals surface area contributed by atoms with Crippen LogP contribution in [-0.4, -0.2) is 70.7 Å². The van der Waals surface area contributed by atoms with E-state index in [9.17, 15) is 4.79 Å². The number of aromatic nitrogens is 2. The molecule has 35 heavy (non-hydrogen) atoms. The van der Waals surface area contributed by atoms with Gasteiger partial charge in [0.1, 0.15) is 18.2 Å². The molecule has 8 nitrogen and oxygen atoms in total. The summed E-state index contributed by atoms with van der Waals surface area (Å²) in [5.74, 6) is 0.890. The summed E-state index contributed by atoms with van der Waals surface area (Å²) < 4.78 is 20.3. The van der Waals surface area contributed by atoms with E-state index in [4.69, 9.17) is 4.74 Å². The number of nitrogens with zero attached hydrogens (tertiary/aromatic N) is 5. The first-order valence-electron chi connectivity index (χ1n) is 12.3. The smallest absolute Gasteiger partial charge is 0.415 e. The second-order valence-electron chi connectivity index (χ2n) is 10.7. The number of hydrogen-bond donors (Lipinski definition) is 1. The zero-order chi connectivity index (χ0) is 25.3. The Bertz CT molecular complexity index is 1060. The van der Waals surface area contributed by atoms with E-state index in [1.165, 1.54) is 0 Å². The van der Waals surface area contributed by atoms with Crippen LogP contribution in [0.3, 0.4) is 0 Å². The summed E-state index contributed by atoms with van der Waals surface area (Å²) in [6, 6.07) is 6.82. The van der Waals surface area contributed by atoms with Crippen LogP contribution in [0.5, 0.6) is 0 Å². The zero-order valence-electron chi connectivity index (χ0n) is 21.6. The number of halogens is 1. The number of cyclic esters (lactones) is 1. The Labute approximate surface area is 207 Å². The maximum atomic E-state index is 15.0. The maximum Gasteiger partial charge on any atom is 0.415 e. The van der Waals surface area contributed by atoms with Crippen LogP contribution in [0.1, 0.15) is 51.8 Å². The molecule has 1 amide bonds. The lowest BCUT2D eigenvalue weighted by atomic mass is 9.99. The zero-order valence-corrected chi connectivity index (χ0v) is 21.6. The molecule has 2 atom stereocenters. The third-order valence-corrected chi connectivity index (χ3v) is 7.28. The standard InChI is InChI=1S/C26H37FN6O2/c1-17(2)22-15-35-25(34)33(22)23-9-10-28-24(30-23)29-18(3)19-7-8-20(21(27)13-19)14-32-12-11-31(6)26(4,5)16-32/h7-10,13,17-18,22H,11-12,14-16H2,1-6H3,(H,28,29,30). The number of piperazine rings is 1. The van der Waals surface area contributed by atoms with Crippen molar-refractivity contribution in [3.63, 3.8) is 0 Å². The molecule has 2 aliphatic heterocycles. The number of benzene rings is 1. The summed E-state index contributed by atoms with van der Waals surface area (Å²) >= 11 is 0. The van der Waals surface area contributed by atoms with Gasteiger partial charge in [-0.1, -0.05) is 26.0 Å². The van der Waals surface area contributed by atoms with Gasteiger partial charge in [0.25, 0.3) is 0 Å². The highest BCUT2D eigenvalue weighted by atomic mass is 19.1. The van der Waals surface area contributed by atoms with Gasteiger partial charge in [-0.3, -0.25) is 14.7 Å². The Hall–Kier alpha value is -2.78. The number of anilines is 2. The van der Waals surface area contributed by atoms with Crippen LogP contribution in [0.25, 0.3) is 0 Å². The largest absolute Gasteiger partial charge is 0.447 e. The molecule has 0 aliphatic carbocycles. The van der Waals surface area contributed by atoms with Crippen molar-refractivity contribution in [2.75, 3.05) is 43.5 Å². The van der Waals surface area contributed by atoms with Gasteiger partial charge in [-0.2, -0.15) is 4.98 Å². The highest BCUT2D eigenvalue weighted by Crippen LogP contribution is 2.27. The molecule has 1 aromatic carbocycles. The first-order chi connectivity index (χ1) is 16.5. The first kappa shape index (κ1) is 25.3. The molecule has 2 saturated heterocycles. The van der Waals surface area contributed by atoms with Crippen molar-refractivity contribution in [1.82, 2.24) is 19.8 Å². The van der Waals surface area contributed by atoms with Crippen molar-refractivity contribution in [3.05, 3.63) is 47.4 Å². The number of ether oxygens (including phenoxy) is 1. The van der Waals surface area contributed by atoms with Crippen LogP contribution < -0.4 is 10.2 Å². The van der Waals surface area contributed by atoms with Crippen LogP contribution in [0, 0.1) is 11.7 Å². The normalized spacial score (nSPS) is 21.9. The molecule has 2 aliphatic rings. The number of amides is 1. The van der Waals surface area contributed by atoms with Gasteiger partial charge < -0.3 is 10.1 Å². The van der Waals surface area contributed by atoms with Crippen LogP contribution in [0.15, 0.2) is 30.5 Å². The molecule has 1 aromatic heterocycles. The second-order valence-corrected chi connectivity index (χ2v) is 10.7. The van der Waals surface area contributed by atoms with Gasteiger partial charge in [0, 0.05) is 43.5 Å². The Balaban J connectivity index is 1.43. The molecule has 0 spiro atoms. The molecule has 0 saturated carbocycles. The molecule has 3 heterocycles. The lowest BCUT2D eigenvalue weighted by Gasteiger charge is -2.45. The molecule has 2 unspecified atom stereocenters. The van der Waals surface area contributed by atoms with Gasteiger partial charge in [0.05, 0.1) is 12.1 Å². The van der Waals surface area contributed by atoms with E-state index < -0.39 is 6.09 Å². The van der Waals surface area contributed by atoms with E-state index in [1.807, 2.05) is 32.9 Å². The second kappa shape index (κ2) is 10.1. The monoisotopic (exact) mass is 484 g/mol. The predicted molar refractivity (Wildman–Crippen MR) is 135 cm³/mol. The Morgan fingerprint density at radius 2 is 2.00 bits per heavy atom. The summed E-state index contributed by atoms with van der Waals surface area (Å²) in [5.41, 5.74) is 1.58. The van der Waals surface area contributed by atoms with Crippen LogP contribution in [0.4, 0.5) is 21.0 Å². The van der Waals surface area contributed by atoms with Crippen LogP contribution >= 0.6 is 0 Å². The van der Waals surface area contributed by atoms with Gasteiger partial charge in [-0.15, -0.1) is 0 Å². The van der Waals surface area contributed by atoms with Gasteiger partial charge in [0.15, 0.2) is 0 Å². The molecule has 1 N–H and O–H groups in total. The number of hydrogen-bond acceptors (Lipinski definition) is 7. The highest BCUT2D eigenvalue weighted by molar-refractivity contribution is 5.89. The molecule has 0 bridgehead atoms. The third-order valence-electron chi connectivity index (χ3n) is 7.28. The van der Waals surface area contributed by atoms with Crippen LogP contribution in [-0.2, 0) is 11.3 Å². The van der Waals surface area contributed by atoms with Crippen molar-refractivity contribution < 1.29 is 13.9 Å². The summed E-state index contributed by atoms with van der Waals surface area (Å²) in [5, 5.41) is 3.24. The van der Waals surface area contributed by atoms with Crippen molar-refractivity contribution >= 4 is 17.9 Å². The average molecular weight is 485 g/mol. The van der Waals surface area contributed by atoms with Gasteiger partial charge in [-0.05, 0) is 51.4 Å². The van der Waals surface area contributed by atoms with E-state index in [2.05, 4.69) is 46.0 Å². The maximum absolute atomic E-state index is 15.0. The number of rotatable bonds is 7. The third kappa shape index (κ3) is 5.56. The summed E-state index contributed by atoms with van der Waals surface area (Å²) in [4.78, 5) is 27.4. The summed E-state index contributed by atoms with van der Waals surface area (Å²) in [6.07, 6.45) is 1.21. The number of nitrogens with one attached hydrogen (secondary N) is 1. The average Bonchev–Trinajstić information content (AvgIpc) is 3.19. The Kier molecular flexibility index (Phi) is 7.28. The molecule has 4 rings (SSSR count). The van der Waals surface area contributed by atoms with Gasteiger partial charge in [-0.25, -0.2) is 14.2 Å². The lowest BCUT2D eigenvalue weighted by Crippen LogP contribution is -2.57. The van der Waals surface area contributed by atoms with E-state index in [0.717, 1.165) is 25.2 Å². The van der Waals surface area contributed by atoms with E-state index in [-0.39, 0.29) is 29.4 Å². The molecular weight excluding hydrogens is 447 g/mol. The highest BCUT2D eigenvalue weighted by Gasteiger charge is 2.37. The Morgan fingerprint density at radius 1 is 1.23 bits per heavy atom. The molecule has 9 heteroatoms. The van der Waals surface area contributed by atoms with Gasteiger partial charge in [0.2, 0.25) is 5.95 Å². The minimum Gasteiger partial charge on any atom is -0.447 e. The number of carbonyl (C=O) groups is 1. The molecular formula is C26H37FN6O2. The SMILES string of the molecule is CC(Nc1nccc(N2C(=O)OCC2C(C)C)n1)c1ccc(CN2CCN(C)C(C)(C)C2)c(F)c1. The molecule has 0 radical (unpaired) electrons. The number of carbonyl (C=O) groups excluding carboxylic acids is 1. The van der Waals surface area contributed by atoms with Crippen molar-refractivity contribution in [3.8, 4) is 0 Å². The van der Waals surface area contributed by atoms with E-state index in [0.29, 0.717) is 30.5 Å². The van der Waals surface area contributed by atoms with Crippen LogP contribution in [0.2, 0.25) is 0 Å². The lowest BCUT2D eigenvalue weighted by molar-refractivity contribution is 0.0355. The fraction of sp³-hybridized carbons (Fsp3) is 0.577. The topological polar surface area (TPSA) is 73.8 Å². The van der Waals surface area contributed by atoms with Crippen molar-refractivity contribution in [2.24, 2.45) is 5.92 Å². The number of likely N-dealkylation sites (N-methyl/N-ethyl adjacent to an activating group) is 1. The van der Waals surface area contributed by atoms with Gasteiger partial charge >= 0.3 is 6.09 Å². The minimum atomic E-state index is -0.400. The Morgan fingerprint density at radius 3 is 2.69 bits per heavy atom. The predicted octanol–water partition coefficient (Wildman–Crippen LogP) is 4.30. The van der Waals surface area contributed by atoms with Crippen molar-refractivity contribution in [2.45, 2.75) is 58.8 Å². The molecule has 2 aromatic rings.